The molecule has 3 N–H and O–H groups in total. The molecule has 0 aliphatic heterocycles. The Morgan fingerprint density at radius 3 is 1.25 bits per heavy atom. The Kier molecular flexibility index (Phi) is 32.2. The maximum atomic E-state index is 6.66. The maximum Gasteiger partial charge on any atom is 4.00 e. The van der Waals surface area contributed by atoms with E-state index in [4.69, 9.17) is 17.2 Å². The number of nitrogens with one attached hydrogen (secondary N) is 3. The molecule has 0 aromatic carbocycles. The second-order valence-electron chi connectivity index (χ2n) is 7.19. The summed E-state index contributed by atoms with van der Waals surface area (Å²) in [4.78, 5) is 0. The van der Waals surface area contributed by atoms with Crippen LogP contribution < -0.4 is 0 Å². The molecule has 24 heavy (non-hydrogen) atoms. The second-order valence-corrected chi connectivity index (χ2v) is 13.3. The minimum Gasteiger partial charge on any atom is 4.00 e. The zero-order valence-corrected chi connectivity index (χ0v) is 22.2. The van der Waals surface area contributed by atoms with Crippen LogP contribution in [-0.4, -0.2) is 34.0 Å². The monoisotopic (exact) mass is 475 g/mol. The molecule has 5 heteroatoms. The van der Waals surface area contributed by atoms with Crippen molar-refractivity contribution >= 4 is 14.3 Å². The molecule has 0 atom stereocenters. The molecule has 0 heterocycles. The van der Waals surface area contributed by atoms with Crippen LogP contribution in [0.5, 0.6) is 0 Å². The van der Waals surface area contributed by atoms with Gasteiger partial charge in [0.05, 0.1) is 0 Å². The zero-order valence-electron chi connectivity index (χ0n) is 17.3. The Labute approximate surface area is 176 Å². The van der Waals surface area contributed by atoms with Gasteiger partial charge in [-0.25, -0.2) is 0 Å². The molecule has 0 saturated heterocycles. The van der Waals surface area contributed by atoms with Crippen LogP contribution in [0.2, 0.25) is 11.5 Å². The Bertz CT molecular complexity index is 269. The summed E-state index contributed by atoms with van der Waals surface area (Å²) in [6.45, 7) is 13.9. The average molecular weight is 475 g/mol. The summed E-state index contributed by atoms with van der Waals surface area (Å²) in [6, 6.07) is 0. The first kappa shape index (κ1) is 32.5. The van der Waals surface area contributed by atoms with Gasteiger partial charge in [-0.05, 0) is 0 Å². The summed E-state index contributed by atoms with van der Waals surface area (Å²) >= 11 is -0.912. The van der Waals surface area contributed by atoms with Crippen LogP contribution in [0.4, 0.5) is 0 Å². The van der Waals surface area contributed by atoms with E-state index in [1.54, 1.807) is 4.41 Å². The number of hydrogen-bond donors (Lipinski definition) is 0. The molecule has 1 aliphatic rings. The molecule has 0 amide bonds. The topological polar surface area (TPSA) is 71.4 Å². The smallest absolute Gasteiger partial charge is 4.00 e. The number of rotatable bonds is 4. The van der Waals surface area contributed by atoms with Crippen LogP contribution in [-0.2, 0) is 26.2 Å². The summed E-state index contributed by atoms with van der Waals surface area (Å²) in [7, 11) is 0. The van der Waals surface area contributed by atoms with Gasteiger partial charge in [-0.15, -0.1) is 19.6 Å². The van der Waals surface area contributed by atoms with E-state index in [1.165, 1.54) is 0 Å². The molecule has 0 radical (unpaired) electrons. The molecule has 0 unspecified atom stereocenters. The maximum absolute atomic E-state index is 6.66. The van der Waals surface area contributed by atoms with Crippen LogP contribution in [0.1, 0.15) is 48.0 Å². The summed E-state index contributed by atoms with van der Waals surface area (Å²) < 4.78 is 1.55. The van der Waals surface area contributed by atoms with Gasteiger partial charge >= 0.3 is 81.1 Å². The van der Waals surface area contributed by atoms with Gasteiger partial charge in [-0.2, -0.15) is 0 Å². The van der Waals surface area contributed by atoms with Crippen molar-refractivity contribution in [1.82, 2.24) is 0 Å². The standard InChI is InChI=1S/C7H11Ge.3C4H10N.Zr/c1-8(2)7-5-3-4-6-7;3*1-4(2)3-5;/h3,5,8H,4H2,1-2H3;3*4-5H,3H2,1-2H3;/q4*-1;+4. The average Bonchev–Trinajstić information content (AvgIpc) is 3.03. The fourth-order valence-electron chi connectivity index (χ4n) is 0.818. The molecule has 0 fully saturated rings. The zero-order chi connectivity index (χ0) is 18.8. The van der Waals surface area contributed by atoms with E-state index in [1.807, 2.05) is 41.5 Å². The van der Waals surface area contributed by atoms with Gasteiger partial charge in [-0.1, -0.05) is 59.3 Å². The van der Waals surface area contributed by atoms with Gasteiger partial charge in [0.1, 0.15) is 0 Å². The minimum absolute atomic E-state index is 0. The molecule has 0 spiro atoms. The minimum atomic E-state index is -0.912. The number of allylic oxidation sites excluding steroid dienone is 4. The first-order valence-electron chi connectivity index (χ1n) is 8.83. The summed E-state index contributed by atoms with van der Waals surface area (Å²) in [5, 5.41) is 0. The fraction of sp³-hybridized carbons (Fsp3) is 0.789. The van der Waals surface area contributed by atoms with Crippen LogP contribution >= 0.6 is 0 Å². The second kappa shape index (κ2) is 23.8. The molecule has 0 aromatic rings. The third-order valence-corrected chi connectivity index (χ3v) is 6.01. The van der Waals surface area contributed by atoms with Crippen molar-refractivity contribution in [1.29, 1.82) is 0 Å². The molecule has 1 aliphatic carbocycles. The molecule has 0 aromatic heterocycles. The molecule has 1 rings (SSSR count). The SMILES string of the molecule is CC(C)C[NH-].CC(C)C[NH-].CC(C)C[NH-].[CH3][GeH]([CH3])[C]1=[C-]CC=C1.[Zr+4]. The Morgan fingerprint density at radius 1 is 0.875 bits per heavy atom. The molecule has 3 nitrogen and oxygen atoms in total. The van der Waals surface area contributed by atoms with Gasteiger partial charge in [0.2, 0.25) is 0 Å². The van der Waals surface area contributed by atoms with Crippen LogP contribution in [0.3, 0.4) is 0 Å². The van der Waals surface area contributed by atoms with E-state index >= 15 is 0 Å². The molecule has 0 bridgehead atoms. The summed E-state index contributed by atoms with van der Waals surface area (Å²) in [6.07, 6.45) is 8.85. The van der Waals surface area contributed by atoms with Crippen molar-refractivity contribution in [3.63, 3.8) is 0 Å². The van der Waals surface area contributed by atoms with Crippen molar-refractivity contribution < 1.29 is 26.2 Å². The van der Waals surface area contributed by atoms with Crippen LogP contribution in [0, 0.1) is 23.8 Å². The third-order valence-electron chi connectivity index (χ3n) is 2.57. The van der Waals surface area contributed by atoms with Gasteiger partial charge in [0.15, 0.2) is 0 Å². The van der Waals surface area contributed by atoms with E-state index in [-0.39, 0.29) is 26.2 Å². The van der Waals surface area contributed by atoms with E-state index in [9.17, 15) is 0 Å². The van der Waals surface area contributed by atoms with Crippen molar-refractivity contribution in [3.8, 4) is 0 Å². The van der Waals surface area contributed by atoms with Crippen LogP contribution in [0.25, 0.3) is 17.2 Å². The van der Waals surface area contributed by atoms with E-state index in [2.05, 4.69) is 29.7 Å². The number of hydrogen-bond acceptors (Lipinski definition) is 0. The van der Waals surface area contributed by atoms with E-state index in [0.717, 1.165) is 6.42 Å². The first-order valence-corrected chi connectivity index (χ1v) is 14.9. The van der Waals surface area contributed by atoms with Gasteiger partial charge in [-0.3, -0.25) is 0 Å². The predicted octanol–water partition coefficient (Wildman–Crippen LogP) is 6.78. The first-order chi connectivity index (χ1) is 10.6. The normalized spacial score (nSPS) is 11.9. The van der Waals surface area contributed by atoms with Crippen molar-refractivity contribution in [3.05, 3.63) is 39.8 Å². The largest absolute Gasteiger partial charge is 4.00 e. The summed E-state index contributed by atoms with van der Waals surface area (Å²) in [5.74, 6) is 6.41. The Morgan fingerprint density at radius 2 is 1.17 bits per heavy atom. The quantitative estimate of drug-likeness (QED) is 0.318. The fourth-order valence-corrected chi connectivity index (χ4v) is 3.02. The predicted molar refractivity (Wildman–Crippen MR) is 111 cm³/mol. The summed E-state index contributed by atoms with van der Waals surface area (Å²) in [5.41, 5.74) is 20.0. The Hall–Kier alpha value is 0.786. The third kappa shape index (κ3) is 34.2. The van der Waals surface area contributed by atoms with Gasteiger partial charge in [0, 0.05) is 0 Å². The van der Waals surface area contributed by atoms with Crippen molar-refractivity contribution in [2.24, 2.45) is 17.8 Å². The van der Waals surface area contributed by atoms with Crippen molar-refractivity contribution in [2.75, 3.05) is 19.6 Å². The van der Waals surface area contributed by atoms with E-state index in [0.29, 0.717) is 37.4 Å². The molecule has 140 valence electrons. The molecule has 0 saturated carbocycles. The van der Waals surface area contributed by atoms with E-state index < -0.39 is 14.3 Å². The van der Waals surface area contributed by atoms with Crippen molar-refractivity contribution in [2.45, 2.75) is 59.5 Å². The van der Waals surface area contributed by atoms with Crippen LogP contribution in [0.15, 0.2) is 16.6 Å². The molecular formula is C19H41GeN3Zr. The Balaban J connectivity index is -0.000000113. The van der Waals surface area contributed by atoms with Gasteiger partial charge in [0.25, 0.3) is 0 Å². The van der Waals surface area contributed by atoms with Gasteiger partial charge < -0.3 is 17.2 Å². The molecular weight excluding hydrogens is 434 g/mol.